The van der Waals surface area contributed by atoms with Crippen molar-refractivity contribution >= 4 is 33.5 Å². The first kappa shape index (κ1) is 20.7. The van der Waals surface area contributed by atoms with E-state index in [1.165, 1.54) is 0 Å². The lowest BCUT2D eigenvalue weighted by atomic mass is 9.98. The number of nitrogens with zero attached hydrogens (tertiary/aromatic N) is 1. The number of hydrogen-bond acceptors (Lipinski definition) is 3. The average Bonchev–Trinajstić information content (AvgIpc) is 3.17. The summed E-state index contributed by atoms with van der Waals surface area (Å²) in [5.74, 6) is -0.564. The van der Waals surface area contributed by atoms with Gasteiger partial charge in [0, 0.05) is 34.0 Å². The van der Waals surface area contributed by atoms with Gasteiger partial charge in [-0.2, -0.15) is 0 Å². The molecule has 5 rings (SSSR count). The predicted molar refractivity (Wildman–Crippen MR) is 128 cm³/mol. The van der Waals surface area contributed by atoms with Crippen LogP contribution in [0.5, 0.6) is 0 Å². The minimum atomic E-state index is -0.515. The maximum absolute atomic E-state index is 13.3. The van der Waals surface area contributed by atoms with Crippen molar-refractivity contribution in [2.75, 3.05) is 0 Å². The van der Waals surface area contributed by atoms with Gasteiger partial charge in [0.15, 0.2) is 5.78 Å². The Bertz CT molecular complexity index is 1520. The van der Waals surface area contributed by atoms with E-state index in [1.54, 1.807) is 30.3 Å². The molecule has 1 aromatic heterocycles. The SMILES string of the molecule is NC(=O)c1cccc2c1c1[c]cc(CO)cc1n2Cc1ccccc1C(=O)c1ccccc1. The molecule has 4 aromatic carbocycles. The zero-order chi connectivity index (χ0) is 22.9. The monoisotopic (exact) mass is 433 g/mol. The molecule has 0 aliphatic carbocycles. The minimum Gasteiger partial charge on any atom is -0.392 e. The highest BCUT2D eigenvalue weighted by Gasteiger charge is 2.19. The molecular formula is C28H21N2O3. The molecule has 5 nitrogen and oxygen atoms in total. The van der Waals surface area contributed by atoms with Crippen LogP contribution in [0.15, 0.2) is 84.9 Å². The molecule has 0 bridgehead atoms. The van der Waals surface area contributed by atoms with Crippen molar-refractivity contribution in [2.24, 2.45) is 5.73 Å². The molecule has 0 atom stereocenters. The number of hydrogen-bond donors (Lipinski definition) is 2. The predicted octanol–water partition coefficient (Wildman–Crippen LogP) is 4.47. The smallest absolute Gasteiger partial charge is 0.249 e. The Kier molecular flexibility index (Phi) is 5.24. The molecule has 0 spiro atoms. The summed E-state index contributed by atoms with van der Waals surface area (Å²) in [6.07, 6.45) is 0. The normalized spacial score (nSPS) is 11.2. The lowest BCUT2D eigenvalue weighted by molar-refractivity contribution is 0.1000. The summed E-state index contributed by atoms with van der Waals surface area (Å²) in [6, 6.07) is 29.0. The highest BCUT2D eigenvalue weighted by Crippen LogP contribution is 2.33. The van der Waals surface area contributed by atoms with Crippen LogP contribution in [0.25, 0.3) is 21.8 Å². The van der Waals surface area contributed by atoms with E-state index >= 15 is 0 Å². The van der Waals surface area contributed by atoms with Crippen LogP contribution in [0.2, 0.25) is 0 Å². The quantitative estimate of drug-likeness (QED) is 0.388. The van der Waals surface area contributed by atoms with E-state index in [4.69, 9.17) is 5.73 Å². The Morgan fingerprint density at radius 3 is 2.36 bits per heavy atom. The second-order valence-corrected chi connectivity index (χ2v) is 7.93. The zero-order valence-corrected chi connectivity index (χ0v) is 17.8. The molecule has 0 unspecified atom stereocenters. The average molecular weight is 433 g/mol. The fourth-order valence-electron chi connectivity index (χ4n) is 4.36. The number of fused-ring (bicyclic) bond motifs is 3. The van der Waals surface area contributed by atoms with Gasteiger partial charge >= 0.3 is 0 Å². The Morgan fingerprint density at radius 1 is 0.879 bits per heavy atom. The maximum atomic E-state index is 13.3. The van der Waals surface area contributed by atoms with E-state index in [1.807, 2.05) is 59.2 Å². The number of aliphatic hydroxyl groups is 1. The van der Waals surface area contributed by atoms with Crippen molar-refractivity contribution in [1.29, 1.82) is 0 Å². The Balaban J connectivity index is 1.73. The number of primary amides is 1. The topological polar surface area (TPSA) is 85.3 Å². The molecule has 1 radical (unpaired) electrons. The number of aromatic nitrogens is 1. The zero-order valence-electron chi connectivity index (χ0n) is 17.8. The van der Waals surface area contributed by atoms with E-state index in [2.05, 4.69) is 6.07 Å². The second kappa shape index (κ2) is 8.37. The number of amides is 1. The van der Waals surface area contributed by atoms with E-state index < -0.39 is 5.91 Å². The number of carbonyl (C=O) groups excluding carboxylic acids is 2. The van der Waals surface area contributed by atoms with Crippen molar-refractivity contribution in [3.63, 3.8) is 0 Å². The molecule has 1 amide bonds. The van der Waals surface area contributed by atoms with E-state index in [0.29, 0.717) is 28.8 Å². The summed E-state index contributed by atoms with van der Waals surface area (Å²) >= 11 is 0. The fourth-order valence-corrected chi connectivity index (χ4v) is 4.36. The van der Waals surface area contributed by atoms with Gasteiger partial charge in [-0.05, 0) is 41.5 Å². The third kappa shape index (κ3) is 3.58. The number of benzene rings is 4. The van der Waals surface area contributed by atoms with Crippen molar-refractivity contribution in [1.82, 2.24) is 4.57 Å². The molecular weight excluding hydrogens is 412 g/mol. The maximum Gasteiger partial charge on any atom is 0.249 e. The molecule has 5 heteroatoms. The first-order chi connectivity index (χ1) is 16.1. The highest BCUT2D eigenvalue weighted by atomic mass is 16.3. The Labute approximate surface area is 190 Å². The molecule has 0 saturated carbocycles. The van der Waals surface area contributed by atoms with Gasteiger partial charge in [0.2, 0.25) is 5.91 Å². The summed E-state index contributed by atoms with van der Waals surface area (Å²) < 4.78 is 2.05. The number of carbonyl (C=O) groups is 2. The van der Waals surface area contributed by atoms with Gasteiger partial charge in [-0.25, -0.2) is 0 Å². The molecule has 0 aliphatic heterocycles. The molecule has 33 heavy (non-hydrogen) atoms. The molecule has 1 heterocycles. The van der Waals surface area contributed by atoms with Crippen LogP contribution in [0.4, 0.5) is 0 Å². The molecule has 5 aromatic rings. The van der Waals surface area contributed by atoms with E-state index in [-0.39, 0.29) is 12.4 Å². The highest BCUT2D eigenvalue weighted by molar-refractivity contribution is 6.18. The Hall–Kier alpha value is -4.22. The van der Waals surface area contributed by atoms with E-state index in [9.17, 15) is 14.7 Å². The summed E-state index contributed by atoms with van der Waals surface area (Å²) in [7, 11) is 0. The summed E-state index contributed by atoms with van der Waals surface area (Å²) in [6.45, 7) is 0.277. The standard InChI is InChI=1S/C28H21N2O3/c29-28(33)23-11-6-12-24-26(23)22-14-13-18(17-31)15-25(22)30(24)16-20-9-4-5-10-21(20)27(32)19-7-2-1-3-8-19/h1-13,15,31H,16-17H2,(H2,29,33). The number of nitrogens with two attached hydrogens (primary N) is 1. The van der Waals surface area contributed by atoms with Crippen LogP contribution < -0.4 is 5.73 Å². The van der Waals surface area contributed by atoms with Gasteiger partial charge in [-0.1, -0.05) is 60.7 Å². The fraction of sp³-hybridized carbons (Fsp3) is 0.0714. The van der Waals surface area contributed by atoms with Gasteiger partial charge < -0.3 is 15.4 Å². The molecule has 0 fully saturated rings. The van der Waals surface area contributed by atoms with Gasteiger partial charge in [0.1, 0.15) is 0 Å². The van der Waals surface area contributed by atoms with Gasteiger partial charge in [0.05, 0.1) is 17.6 Å². The van der Waals surface area contributed by atoms with Crippen LogP contribution in [0.1, 0.15) is 37.4 Å². The second-order valence-electron chi connectivity index (χ2n) is 7.93. The van der Waals surface area contributed by atoms with Crippen LogP contribution >= 0.6 is 0 Å². The molecule has 0 aliphatic rings. The molecule has 0 saturated heterocycles. The summed E-state index contributed by atoms with van der Waals surface area (Å²) in [4.78, 5) is 25.4. The number of rotatable bonds is 6. The van der Waals surface area contributed by atoms with Gasteiger partial charge in [0.25, 0.3) is 0 Å². The van der Waals surface area contributed by atoms with Crippen LogP contribution in [0, 0.1) is 6.07 Å². The van der Waals surface area contributed by atoms with Gasteiger partial charge in [-0.15, -0.1) is 0 Å². The van der Waals surface area contributed by atoms with Crippen molar-refractivity contribution in [2.45, 2.75) is 13.2 Å². The summed E-state index contributed by atoms with van der Waals surface area (Å²) in [5, 5.41) is 11.2. The van der Waals surface area contributed by atoms with Crippen molar-refractivity contribution in [3.8, 4) is 0 Å². The van der Waals surface area contributed by atoms with Crippen LogP contribution in [-0.4, -0.2) is 21.4 Å². The summed E-state index contributed by atoms with van der Waals surface area (Å²) in [5.41, 5.74) is 10.5. The van der Waals surface area contributed by atoms with Crippen molar-refractivity contribution < 1.29 is 14.7 Å². The third-order valence-corrected chi connectivity index (χ3v) is 5.93. The first-order valence-electron chi connectivity index (χ1n) is 10.6. The first-order valence-corrected chi connectivity index (χ1v) is 10.6. The van der Waals surface area contributed by atoms with E-state index in [0.717, 1.165) is 27.4 Å². The third-order valence-electron chi connectivity index (χ3n) is 5.93. The minimum absolute atomic E-state index is 0.0487. The van der Waals surface area contributed by atoms with Gasteiger partial charge in [-0.3, -0.25) is 9.59 Å². The molecule has 161 valence electrons. The lowest BCUT2D eigenvalue weighted by Gasteiger charge is -2.13. The van der Waals surface area contributed by atoms with Crippen LogP contribution in [0.3, 0.4) is 0 Å². The molecule has 3 N–H and O–H groups in total. The Morgan fingerprint density at radius 2 is 1.61 bits per heavy atom. The largest absolute Gasteiger partial charge is 0.392 e. The number of aliphatic hydroxyl groups excluding tert-OH is 1. The number of ketones is 1. The van der Waals surface area contributed by atoms with Crippen molar-refractivity contribution in [3.05, 3.63) is 119 Å². The van der Waals surface area contributed by atoms with Crippen LogP contribution in [-0.2, 0) is 13.2 Å². The lowest BCUT2D eigenvalue weighted by Crippen LogP contribution is -2.11.